The van der Waals surface area contributed by atoms with Gasteiger partial charge in [-0.1, -0.05) is 42.5 Å². The molecule has 1 unspecified atom stereocenters. The molecule has 0 saturated carbocycles. The van der Waals surface area contributed by atoms with Gasteiger partial charge in [0.1, 0.15) is 17.1 Å². The van der Waals surface area contributed by atoms with E-state index in [-0.39, 0.29) is 42.0 Å². The van der Waals surface area contributed by atoms with E-state index in [4.69, 9.17) is 5.14 Å². The van der Waals surface area contributed by atoms with Gasteiger partial charge in [-0.05, 0) is 35.2 Å². The predicted octanol–water partition coefficient (Wildman–Crippen LogP) is 4.11. The minimum Gasteiger partial charge on any atom is -0.316 e. The second-order valence-electron chi connectivity index (χ2n) is 8.31. The Morgan fingerprint density at radius 1 is 1.17 bits per heavy atom. The van der Waals surface area contributed by atoms with E-state index in [1.807, 2.05) is 0 Å². The summed E-state index contributed by atoms with van der Waals surface area (Å²) in [6.45, 7) is 0.111. The van der Waals surface area contributed by atoms with Crippen molar-refractivity contribution in [3.8, 4) is 6.07 Å². The lowest BCUT2D eigenvalue weighted by atomic mass is 9.98. The Hall–Kier alpha value is -3.24. The number of halogens is 3. The molecule has 1 aromatic heterocycles. The highest BCUT2D eigenvalue weighted by Gasteiger charge is 2.45. The van der Waals surface area contributed by atoms with Crippen molar-refractivity contribution in [2.45, 2.75) is 36.5 Å². The molecule has 1 aliphatic rings. The number of nitrogens with two attached hydrogens (primary N) is 1. The zero-order valence-corrected chi connectivity index (χ0v) is 20.4. The van der Waals surface area contributed by atoms with E-state index < -0.39 is 28.1 Å². The summed E-state index contributed by atoms with van der Waals surface area (Å²) < 4.78 is 64.8. The van der Waals surface area contributed by atoms with Crippen LogP contribution in [0.2, 0.25) is 0 Å². The van der Waals surface area contributed by atoms with Gasteiger partial charge in [-0.25, -0.2) is 13.6 Å². The lowest BCUT2D eigenvalue weighted by Crippen LogP contribution is -2.41. The highest BCUT2D eigenvalue weighted by Crippen LogP contribution is 2.43. The van der Waals surface area contributed by atoms with Crippen molar-refractivity contribution in [1.29, 1.82) is 5.26 Å². The van der Waals surface area contributed by atoms with Crippen LogP contribution in [-0.2, 0) is 34.2 Å². The number of rotatable bonds is 6. The first kappa shape index (κ1) is 25.8. The monoisotopic (exact) mass is 534 g/mol. The maximum Gasteiger partial charge on any atom is 0.408 e. The van der Waals surface area contributed by atoms with E-state index in [2.05, 4.69) is 11.4 Å². The summed E-state index contributed by atoms with van der Waals surface area (Å²) in [5, 5.41) is 17.8. The number of sulfonamides is 1. The molecule has 1 aliphatic heterocycles. The summed E-state index contributed by atoms with van der Waals surface area (Å²) in [6.07, 6.45) is -4.32. The van der Waals surface area contributed by atoms with E-state index in [0.717, 1.165) is 11.3 Å². The molecule has 0 radical (unpaired) electrons. The van der Waals surface area contributed by atoms with Crippen molar-refractivity contribution in [2.75, 3.05) is 11.9 Å². The molecule has 0 spiro atoms. The number of benzene rings is 2. The number of carbonyl (C=O) groups is 1. The zero-order chi connectivity index (χ0) is 26.1. The number of fused-ring (bicyclic) bond motifs is 1. The third kappa shape index (κ3) is 5.60. The molecule has 3 aromatic rings. The van der Waals surface area contributed by atoms with Crippen molar-refractivity contribution >= 4 is 32.3 Å². The van der Waals surface area contributed by atoms with Gasteiger partial charge in [0.15, 0.2) is 0 Å². The van der Waals surface area contributed by atoms with Gasteiger partial charge in [0.05, 0.1) is 16.9 Å². The second-order valence-corrected chi connectivity index (χ2v) is 11.0. The van der Waals surface area contributed by atoms with Crippen LogP contribution in [-0.4, -0.2) is 31.9 Å². The van der Waals surface area contributed by atoms with E-state index in [1.165, 1.54) is 41.3 Å². The predicted molar refractivity (Wildman–Crippen MR) is 129 cm³/mol. The SMILES string of the molecule is N#Cc1c(NC(=O)Cc2ccc(S(N)(=O)=O)cc2)sc2c1CCN(C(c1ccccc1)C(F)(F)F)C2. The topological polar surface area (TPSA) is 116 Å². The maximum absolute atomic E-state index is 14.0. The fourth-order valence-corrected chi connectivity index (χ4v) is 6.00. The van der Waals surface area contributed by atoms with Gasteiger partial charge in [0, 0.05) is 18.0 Å². The van der Waals surface area contributed by atoms with Crippen LogP contribution in [0.3, 0.4) is 0 Å². The number of primary sulfonamides is 1. The Kier molecular flexibility index (Phi) is 7.19. The molecule has 36 heavy (non-hydrogen) atoms. The van der Waals surface area contributed by atoms with E-state index in [9.17, 15) is 31.6 Å². The zero-order valence-electron chi connectivity index (χ0n) is 18.7. The highest BCUT2D eigenvalue weighted by atomic mass is 32.2. The number of nitriles is 1. The molecular formula is C24H21F3N4O3S2. The summed E-state index contributed by atoms with van der Waals surface area (Å²) in [4.78, 5) is 14.5. The molecule has 0 fully saturated rings. The van der Waals surface area contributed by atoms with Gasteiger partial charge in [0.2, 0.25) is 15.9 Å². The van der Waals surface area contributed by atoms with Gasteiger partial charge in [-0.3, -0.25) is 9.69 Å². The molecule has 1 amide bonds. The minimum absolute atomic E-state index is 0.00134. The van der Waals surface area contributed by atoms with Gasteiger partial charge in [-0.15, -0.1) is 11.3 Å². The van der Waals surface area contributed by atoms with Gasteiger partial charge < -0.3 is 5.32 Å². The third-order valence-electron chi connectivity index (χ3n) is 5.86. The van der Waals surface area contributed by atoms with Crippen LogP contribution < -0.4 is 10.5 Å². The average Bonchev–Trinajstić information content (AvgIpc) is 3.14. The lowest BCUT2D eigenvalue weighted by Gasteiger charge is -2.35. The number of amides is 1. The number of nitrogens with zero attached hydrogens (tertiary/aromatic N) is 2. The molecule has 0 saturated heterocycles. The summed E-state index contributed by atoms with van der Waals surface area (Å²) in [5.74, 6) is -0.442. The lowest BCUT2D eigenvalue weighted by molar-refractivity contribution is -0.188. The summed E-state index contributed by atoms with van der Waals surface area (Å²) in [6, 6.07) is 13.5. The van der Waals surface area contributed by atoms with Crippen LogP contribution in [0, 0.1) is 11.3 Å². The molecule has 4 rings (SSSR count). The number of hydrogen-bond donors (Lipinski definition) is 2. The van der Waals surface area contributed by atoms with Gasteiger partial charge in [-0.2, -0.15) is 18.4 Å². The van der Waals surface area contributed by atoms with Gasteiger partial charge >= 0.3 is 6.18 Å². The Morgan fingerprint density at radius 3 is 2.42 bits per heavy atom. The van der Waals surface area contributed by atoms with Crippen molar-refractivity contribution in [3.63, 3.8) is 0 Å². The highest BCUT2D eigenvalue weighted by molar-refractivity contribution is 7.89. The number of nitrogens with one attached hydrogen (secondary N) is 1. The summed E-state index contributed by atoms with van der Waals surface area (Å²) in [7, 11) is -3.85. The van der Waals surface area contributed by atoms with Crippen molar-refractivity contribution in [1.82, 2.24) is 4.90 Å². The van der Waals surface area contributed by atoms with Crippen LogP contribution in [0.25, 0.3) is 0 Å². The summed E-state index contributed by atoms with van der Waals surface area (Å²) >= 11 is 1.10. The standard InChI is InChI=1S/C24H21F3N4O3S2/c25-24(26,27)22(16-4-2-1-3-5-16)31-11-10-18-19(13-28)23(35-20(18)14-31)30-21(32)12-15-6-8-17(9-7-15)36(29,33)34/h1-9,22H,10-12,14H2,(H,30,32)(H2,29,33,34). The molecule has 2 heterocycles. The van der Waals surface area contributed by atoms with E-state index in [0.29, 0.717) is 21.0 Å². The molecule has 0 aliphatic carbocycles. The fourth-order valence-electron chi connectivity index (χ4n) is 4.25. The molecule has 7 nitrogen and oxygen atoms in total. The fraction of sp³-hybridized carbons (Fsp3) is 0.250. The molecular weight excluding hydrogens is 513 g/mol. The Morgan fingerprint density at radius 2 is 1.83 bits per heavy atom. The Labute approximate surface area is 210 Å². The molecule has 188 valence electrons. The van der Waals surface area contributed by atoms with E-state index >= 15 is 0 Å². The van der Waals surface area contributed by atoms with Gasteiger partial charge in [0.25, 0.3) is 0 Å². The molecule has 0 bridgehead atoms. The number of hydrogen-bond acceptors (Lipinski definition) is 6. The first-order valence-corrected chi connectivity index (χ1v) is 13.2. The first-order chi connectivity index (χ1) is 17.0. The minimum atomic E-state index is -4.48. The molecule has 12 heteroatoms. The molecule has 1 atom stereocenters. The van der Waals surface area contributed by atoms with E-state index in [1.54, 1.807) is 18.2 Å². The number of anilines is 1. The smallest absolute Gasteiger partial charge is 0.316 e. The van der Waals surface area contributed by atoms with Crippen LogP contribution >= 0.6 is 11.3 Å². The molecule has 3 N–H and O–H groups in total. The Bertz CT molecular complexity index is 1410. The van der Waals surface area contributed by atoms with Crippen LogP contribution in [0.5, 0.6) is 0 Å². The third-order valence-corrected chi connectivity index (χ3v) is 7.92. The number of thiophene rings is 1. The van der Waals surface area contributed by atoms with Crippen molar-refractivity contribution in [2.24, 2.45) is 5.14 Å². The van der Waals surface area contributed by atoms with Crippen LogP contribution in [0.15, 0.2) is 59.5 Å². The maximum atomic E-state index is 14.0. The Balaban J connectivity index is 1.53. The van der Waals surface area contributed by atoms with Crippen LogP contribution in [0.1, 0.15) is 33.2 Å². The number of alkyl halides is 3. The average molecular weight is 535 g/mol. The molecule has 2 aromatic carbocycles. The normalized spacial score (nSPS) is 15.1. The summed E-state index contributed by atoms with van der Waals surface area (Å²) in [5.41, 5.74) is 1.59. The second kappa shape index (κ2) is 10.0. The quantitative estimate of drug-likeness (QED) is 0.494. The van der Waals surface area contributed by atoms with Crippen molar-refractivity contribution < 1.29 is 26.4 Å². The first-order valence-electron chi connectivity index (χ1n) is 10.8. The largest absolute Gasteiger partial charge is 0.408 e. The van der Waals surface area contributed by atoms with Crippen LogP contribution in [0.4, 0.5) is 18.2 Å². The number of carbonyl (C=O) groups excluding carboxylic acids is 1. The van der Waals surface area contributed by atoms with Crippen molar-refractivity contribution in [3.05, 3.63) is 81.7 Å².